The van der Waals surface area contributed by atoms with Crippen molar-refractivity contribution in [1.29, 1.82) is 0 Å². The maximum atomic E-state index is 6.29. The van der Waals surface area contributed by atoms with Crippen LogP contribution < -0.4 is 0 Å². The average molecular weight is 592 g/mol. The minimum Gasteiger partial charge on any atom is -0.436 e. The summed E-state index contributed by atoms with van der Waals surface area (Å²) in [5.74, 6) is 0. The SMILES string of the molecule is C=C/C=C\c1ccc2oc3nc(-c4cccc(-n5c6ccc7ccccc7c6c6c7ccccc7ccc65)c4)cnc3c2c1CC. The molecule has 9 rings (SSSR count). The molecular formula is C42H29N3O. The molecule has 0 atom stereocenters. The maximum Gasteiger partial charge on any atom is 0.246 e. The lowest BCUT2D eigenvalue weighted by atomic mass is 10.00. The smallest absolute Gasteiger partial charge is 0.246 e. The van der Waals surface area contributed by atoms with Crippen molar-refractivity contribution < 1.29 is 4.42 Å². The van der Waals surface area contributed by atoms with Gasteiger partial charge < -0.3 is 8.98 Å². The second kappa shape index (κ2) is 10.3. The van der Waals surface area contributed by atoms with Crippen LogP contribution in [0.15, 0.2) is 139 Å². The van der Waals surface area contributed by atoms with E-state index in [0.717, 1.165) is 45.4 Å². The summed E-state index contributed by atoms with van der Waals surface area (Å²) < 4.78 is 8.67. The Bertz CT molecular complexity index is 2610. The summed E-state index contributed by atoms with van der Waals surface area (Å²) in [6.45, 7) is 5.98. The van der Waals surface area contributed by atoms with Crippen LogP contribution in [0.1, 0.15) is 18.1 Å². The van der Waals surface area contributed by atoms with Crippen molar-refractivity contribution in [1.82, 2.24) is 14.5 Å². The molecule has 9 aromatic rings. The fourth-order valence-corrected chi connectivity index (χ4v) is 7.18. The van der Waals surface area contributed by atoms with E-state index in [1.807, 2.05) is 18.3 Å². The van der Waals surface area contributed by atoms with Gasteiger partial charge in [0.05, 0.1) is 28.3 Å². The van der Waals surface area contributed by atoms with E-state index in [0.29, 0.717) is 5.71 Å². The van der Waals surface area contributed by atoms with Crippen LogP contribution in [0.5, 0.6) is 0 Å². The van der Waals surface area contributed by atoms with Gasteiger partial charge in [-0.1, -0.05) is 111 Å². The molecule has 218 valence electrons. The fourth-order valence-electron chi connectivity index (χ4n) is 7.18. The lowest BCUT2D eigenvalue weighted by molar-refractivity contribution is 0.653. The first-order valence-corrected chi connectivity index (χ1v) is 15.7. The van der Waals surface area contributed by atoms with Crippen LogP contribution in [0.2, 0.25) is 0 Å². The van der Waals surface area contributed by atoms with Crippen LogP contribution in [-0.2, 0) is 6.42 Å². The molecule has 0 amide bonds. The zero-order valence-electron chi connectivity index (χ0n) is 25.4. The Balaban J connectivity index is 1.26. The highest BCUT2D eigenvalue weighted by Gasteiger charge is 2.19. The number of furan rings is 1. The molecule has 4 nitrogen and oxygen atoms in total. The van der Waals surface area contributed by atoms with Crippen molar-refractivity contribution in [3.8, 4) is 16.9 Å². The zero-order valence-corrected chi connectivity index (χ0v) is 25.4. The van der Waals surface area contributed by atoms with Gasteiger partial charge in [-0.25, -0.2) is 9.97 Å². The molecule has 0 saturated carbocycles. The van der Waals surface area contributed by atoms with Crippen molar-refractivity contribution in [2.75, 3.05) is 0 Å². The molecule has 0 aliphatic heterocycles. The number of benzene rings is 6. The van der Waals surface area contributed by atoms with Crippen molar-refractivity contribution in [3.63, 3.8) is 0 Å². The Morgan fingerprint density at radius 3 is 2.17 bits per heavy atom. The van der Waals surface area contributed by atoms with Crippen molar-refractivity contribution in [2.45, 2.75) is 13.3 Å². The summed E-state index contributed by atoms with van der Waals surface area (Å²) in [6, 6.07) is 39.0. The van der Waals surface area contributed by atoms with E-state index in [-0.39, 0.29) is 0 Å². The lowest BCUT2D eigenvalue weighted by Crippen LogP contribution is -1.95. The molecule has 0 unspecified atom stereocenters. The fraction of sp³-hybridized carbons (Fsp3) is 0.0476. The van der Waals surface area contributed by atoms with Crippen molar-refractivity contribution >= 4 is 71.6 Å². The van der Waals surface area contributed by atoms with E-state index >= 15 is 0 Å². The highest BCUT2D eigenvalue weighted by Crippen LogP contribution is 2.41. The van der Waals surface area contributed by atoms with Crippen LogP contribution in [-0.4, -0.2) is 14.5 Å². The third-order valence-corrected chi connectivity index (χ3v) is 9.21. The quantitative estimate of drug-likeness (QED) is 0.187. The Labute approximate surface area is 265 Å². The van der Waals surface area contributed by atoms with Crippen LogP contribution in [0.3, 0.4) is 0 Å². The molecule has 3 heterocycles. The van der Waals surface area contributed by atoms with Crippen molar-refractivity contribution in [3.05, 3.63) is 145 Å². The predicted octanol–water partition coefficient (Wildman–Crippen LogP) is 11.2. The van der Waals surface area contributed by atoms with E-state index in [1.54, 1.807) is 6.08 Å². The monoisotopic (exact) mass is 591 g/mol. The van der Waals surface area contributed by atoms with E-state index in [1.165, 1.54) is 48.9 Å². The summed E-state index contributed by atoms with van der Waals surface area (Å²) in [4.78, 5) is 9.94. The average Bonchev–Trinajstić information content (AvgIpc) is 3.66. The molecule has 3 aromatic heterocycles. The van der Waals surface area contributed by atoms with E-state index in [9.17, 15) is 0 Å². The minimum absolute atomic E-state index is 0.548. The Hall–Kier alpha value is -6.00. The summed E-state index contributed by atoms with van der Waals surface area (Å²) in [6.07, 6.45) is 8.56. The molecule has 0 bridgehead atoms. The molecule has 0 aliphatic carbocycles. The number of hydrogen-bond donors (Lipinski definition) is 0. The van der Waals surface area contributed by atoms with Gasteiger partial charge in [-0.05, 0) is 69.4 Å². The largest absolute Gasteiger partial charge is 0.436 e. The van der Waals surface area contributed by atoms with Crippen LogP contribution >= 0.6 is 0 Å². The maximum absolute atomic E-state index is 6.29. The third-order valence-electron chi connectivity index (χ3n) is 9.21. The first-order valence-electron chi connectivity index (χ1n) is 15.7. The molecule has 46 heavy (non-hydrogen) atoms. The van der Waals surface area contributed by atoms with Gasteiger partial charge in [0.2, 0.25) is 5.71 Å². The molecule has 0 aliphatic rings. The summed E-state index contributed by atoms with van der Waals surface area (Å²) in [7, 11) is 0. The van der Waals surface area contributed by atoms with Gasteiger partial charge in [0.15, 0.2) is 0 Å². The first kappa shape index (κ1) is 26.4. The molecule has 0 N–H and O–H groups in total. The number of allylic oxidation sites excluding steroid dienone is 2. The molecular weight excluding hydrogens is 562 g/mol. The zero-order chi connectivity index (χ0) is 30.8. The van der Waals surface area contributed by atoms with Gasteiger partial charge in [-0.3, -0.25) is 0 Å². The van der Waals surface area contributed by atoms with E-state index < -0.39 is 0 Å². The summed E-state index contributed by atoms with van der Waals surface area (Å²) in [5, 5.41) is 8.56. The normalized spacial score (nSPS) is 12.1. The summed E-state index contributed by atoms with van der Waals surface area (Å²) in [5.41, 5.74) is 9.66. The number of aromatic nitrogens is 3. The highest BCUT2D eigenvalue weighted by molar-refractivity contribution is 6.28. The Kier molecular flexibility index (Phi) is 5.90. The second-order valence-corrected chi connectivity index (χ2v) is 11.7. The van der Waals surface area contributed by atoms with Gasteiger partial charge >= 0.3 is 0 Å². The minimum atomic E-state index is 0.548. The van der Waals surface area contributed by atoms with Crippen molar-refractivity contribution in [2.24, 2.45) is 0 Å². The molecule has 0 radical (unpaired) electrons. The number of nitrogens with zero attached hydrogens (tertiary/aromatic N) is 3. The lowest BCUT2D eigenvalue weighted by Gasteiger charge is -2.10. The predicted molar refractivity (Wildman–Crippen MR) is 193 cm³/mol. The Morgan fingerprint density at radius 1 is 0.761 bits per heavy atom. The van der Waals surface area contributed by atoms with Gasteiger partial charge in [0.1, 0.15) is 11.1 Å². The van der Waals surface area contributed by atoms with Gasteiger partial charge in [0.25, 0.3) is 0 Å². The van der Waals surface area contributed by atoms with Gasteiger partial charge in [-0.15, -0.1) is 0 Å². The van der Waals surface area contributed by atoms with E-state index in [2.05, 4.69) is 127 Å². The van der Waals surface area contributed by atoms with Gasteiger partial charge in [0, 0.05) is 22.0 Å². The number of rotatable bonds is 5. The number of aryl methyl sites for hydroxylation is 1. The third kappa shape index (κ3) is 3.87. The molecule has 6 aromatic carbocycles. The standard InChI is InChI=1S/C42H29N3O/c1-3-5-11-26-20-23-37-40(31(26)4-2)41-42(46-37)44-34(25-43-41)29-14-10-15-30(24-29)45-35-21-18-27-12-6-8-16-32(27)38(35)39-33-17-9-7-13-28(33)19-22-36(39)45/h3,5-25H,1,4H2,2H3/b11-5-. The second-order valence-electron chi connectivity index (χ2n) is 11.7. The van der Waals surface area contributed by atoms with Crippen LogP contribution in [0.4, 0.5) is 0 Å². The molecule has 0 spiro atoms. The topological polar surface area (TPSA) is 43.9 Å². The molecule has 4 heteroatoms. The van der Waals surface area contributed by atoms with Crippen LogP contribution in [0, 0.1) is 0 Å². The molecule has 0 fully saturated rings. The first-order chi connectivity index (χ1) is 22.7. The Morgan fingerprint density at radius 2 is 1.48 bits per heavy atom. The van der Waals surface area contributed by atoms with Crippen LogP contribution in [0.25, 0.3) is 88.6 Å². The highest BCUT2D eigenvalue weighted by atomic mass is 16.3. The van der Waals surface area contributed by atoms with E-state index in [4.69, 9.17) is 14.4 Å². The molecule has 0 saturated heterocycles. The van der Waals surface area contributed by atoms with Gasteiger partial charge in [-0.2, -0.15) is 0 Å². The summed E-state index contributed by atoms with van der Waals surface area (Å²) >= 11 is 0. The number of fused-ring (bicyclic) bond motifs is 10. The number of hydrogen-bond acceptors (Lipinski definition) is 3.